The lowest BCUT2D eigenvalue weighted by atomic mass is 9.88. The van der Waals surface area contributed by atoms with Gasteiger partial charge in [-0.15, -0.1) is 0 Å². The van der Waals surface area contributed by atoms with Crippen LogP contribution in [0.25, 0.3) is 5.52 Å². The van der Waals surface area contributed by atoms with E-state index >= 15 is 0 Å². The molecular weight excluding hydrogens is 420 g/mol. The fourth-order valence-corrected chi connectivity index (χ4v) is 5.76. The summed E-state index contributed by atoms with van der Waals surface area (Å²) in [5.74, 6) is 0.100. The van der Waals surface area contributed by atoms with Crippen LogP contribution < -0.4 is 10.2 Å². The van der Waals surface area contributed by atoms with Gasteiger partial charge in [-0.25, -0.2) is 9.31 Å². The van der Waals surface area contributed by atoms with Crippen molar-refractivity contribution in [2.45, 2.75) is 38.6 Å². The van der Waals surface area contributed by atoms with Crippen molar-refractivity contribution < 1.29 is 18.0 Å². The second-order valence-electron chi connectivity index (χ2n) is 8.49. The molecule has 168 valence electrons. The van der Waals surface area contributed by atoms with Crippen LogP contribution in [0.2, 0.25) is 0 Å². The molecule has 0 aromatic carbocycles. The molecule has 1 N–H and O–H groups in total. The summed E-state index contributed by atoms with van der Waals surface area (Å²) in [6.07, 6.45) is 6.19. The number of rotatable bonds is 5. The predicted molar refractivity (Wildman–Crippen MR) is 116 cm³/mol. The second kappa shape index (κ2) is 8.21. The molecule has 2 fully saturated rings. The number of piperidine rings is 1. The number of fused-ring (bicyclic) bond motifs is 1. The minimum absolute atomic E-state index is 0.0602. The average molecular weight is 449 g/mol. The van der Waals surface area contributed by atoms with E-state index in [0.29, 0.717) is 24.7 Å². The van der Waals surface area contributed by atoms with Gasteiger partial charge >= 0.3 is 6.03 Å². The van der Waals surface area contributed by atoms with Crippen molar-refractivity contribution in [2.24, 2.45) is 5.92 Å². The smallest absolute Gasteiger partial charge is 0.290 e. The highest BCUT2D eigenvalue weighted by Crippen LogP contribution is 2.30. The van der Waals surface area contributed by atoms with Crippen LogP contribution in [0.3, 0.4) is 0 Å². The summed E-state index contributed by atoms with van der Waals surface area (Å²) in [5.41, 5.74) is 2.60. The molecule has 31 heavy (non-hydrogen) atoms. The van der Waals surface area contributed by atoms with Gasteiger partial charge in [0.05, 0.1) is 17.4 Å². The fraction of sp³-hybridized carbons (Fsp3) is 0.550. The zero-order valence-electron chi connectivity index (χ0n) is 18.0. The third-order valence-corrected chi connectivity index (χ3v) is 8.17. The summed E-state index contributed by atoms with van der Waals surface area (Å²) in [4.78, 5) is 25.2. The summed E-state index contributed by atoms with van der Waals surface area (Å²) in [6, 6.07) is 3.55. The topological polar surface area (TPSA) is 107 Å². The minimum atomic E-state index is -3.41. The maximum atomic E-state index is 12.5. The molecule has 11 heteroatoms. The van der Waals surface area contributed by atoms with Crippen molar-refractivity contribution in [1.82, 2.24) is 23.5 Å². The minimum Gasteiger partial charge on any atom is -0.290 e. The van der Waals surface area contributed by atoms with Crippen LogP contribution in [0.4, 0.5) is 10.5 Å². The van der Waals surface area contributed by atoms with Crippen LogP contribution in [0.1, 0.15) is 31.7 Å². The third kappa shape index (κ3) is 4.17. The summed E-state index contributed by atoms with van der Waals surface area (Å²) in [6.45, 7) is 2.79. The first-order chi connectivity index (χ1) is 14.7. The fourth-order valence-electron chi connectivity index (χ4n) is 4.46. The first-order valence-electron chi connectivity index (χ1n) is 10.4. The van der Waals surface area contributed by atoms with E-state index in [1.165, 1.54) is 4.31 Å². The lowest BCUT2D eigenvalue weighted by Crippen LogP contribution is -2.49. The van der Waals surface area contributed by atoms with Gasteiger partial charge in [0, 0.05) is 45.8 Å². The Morgan fingerprint density at radius 1 is 1.26 bits per heavy atom. The number of carbonyl (C=O) groups excluding carboxylic acids is 2. The van der Waals surface area contributed by atoms with Crippen molar-refractivity contribution in [1.29, 1.82) is 0 Å². The third-order valence-electron chi connectivity index (χ3n) is 6.12. The Morgan fingerprint density at radius 3 is 2.71 bits per heavy atom. The van der Waals surface area contributed by atoms with E-state index in [4.69, 9.17) is 0 Å². The summed E-state index contributed by atoms with van der Waals surface area (Å²) in [7, 11) is -0.285. The molecule has 2 aliphatic heterocycles. The van der Waals surface area contributed by atoms with E-state index in [1.54, 1.807) is 34.0 Å². The van der Waals surface area contributed by atoms with Gasteiger partial charge in [0.2, 0.25) is 5.91 Å². The summed E-state index contributed by atoms with van der Waals surface area (Å²) < 4.78 is 29.6. The van der Waals surface area contributed by atoms with Gasteiger partial charge in [-0.1, -0.05) is 0 Å². The Hall–Kier alpha value is -2.50. The molecule has 0 bridgehead atoms. The highest BCUT2D eigenvalue weighted by Gasteiger charge is 2.34. The molecule has 0 radical (unpaired) electrons. The monoisotopic (exact) mass is 448 g/mol. The number of carbonyl (C=O) groups is 2. The zero-order valence-corrected chi connectivity index (χ0v) is 18.8. The maximum Gasteiger partial charge on any atom is 0.328 e. The van der Waals surface area contributed by atoms with Crippen LogP contribution in [-0.4, -0.2) is 71.8 Å². The van der Waals surface area contributed by atoms with E-state index in [-0.39, 0.29) is 18.4 Å². The highest BCUT2D eigenvalue weighted by atomic mass is 32.2. The van der Waals surface area contributed by atoms with Gasteiger partial charge in [0.25, 0.3) is 10.2 Å². The number of hydrogen-bond acceptors (Lipinski definition) is 5. The van der Waals surface area contributed by atoms with Crippen molar-refractivity contribution in [3.8, 4) is 0 Å². The first kappa shape index (κ1) is 21.7. The zero-order chi connectivity index (χ0) is 22.3. The highest BCUT2D eigenvalue weighted by molar-refractivity contribution is 7.86. The van der Waals surface area contributed by atoms with E-state index in [1.807, 2.05) is 25.3 Å². The van der Waals surface area contributed by atoms with E-state index in [0.717, 1.165) is 30.3 Å². The number of imide groups is 1. The van der Waals surface area contributed by atoms with Gasteiger partial charge in [0.1, 0.15) is 0 Å². The molecule has 2 aliphatic rings. The van der Waals surface area contributed by atoms with Crippen molar-refractivity contribution in [2.75, 3.05) is 32.1 Å². The van der Waals surface area contributed by atoms with Crippen LogP contribution >= 0.6 is 0 Å². The molecule has 2 aromatic rings. The Morgan fingerprint density at radius 2 is 2.03 bits per heavy atom. The van der Waals surface area contributed by atoms with Gasteiger partial charge in [0.15, 0.2) is 0 Å². The van der Waals surface area contributed by atoms with Crippen molar-refractivity contribution in [3.63, 3.8) is 0 Å². The Balaban J connectivity index is 1.50. The van der Waals surface area contributed by atoms with E-state index in [9.17, 15) is 18.0 Å². The number of amides is 3. The molecule has 0 spiro atoms. The van der Waals surface area contributed by atoms with E-state index in [2.05, 4.69) is 10.4 Å². The molecular formula is C20H28N6O4S. The average Bonchev–Trinajstić information content (AvgIpc) is 3.11. The van der Waals surface area contributed by atoms with Crippen LogP contribution in [0.5, 0.6) is 0 Å². The van der Waals surface area contributed by atoms with Crippen LogP contribution in [0.15, 0.2) is 24.5 Å². The molecule has 0 unspecified atom stereocenters. The van der Waals surface area contributed by atoms with Crippen molar-refractivity contribution in [3.05, 3.63) is 30.1 Å². The Bertz CT molecular complexity index is 1110. The quantitative estimate of drug-likeness (QED) is 0.740. The summed E-state index contributed by atoms with van der Waals surface area (Å²) >= 11 is 0. The van der Waals surface area contributed by atoms with Gasteiger partial charge < -0.3 is 0 Å². The van der Waals surface area contributed by atoms with Crippen LogP contribution in [0, 0.1) is 5.92 Å². The number of aromatic nitrogens is 2. The van der Waals surface area contributed by atoms with Gasteiger partial charge in [-0.05, 0) is 49.8 Å². The number of pyridine rings is 1. The Kier molecular flexibility index (Phi) is 5.75. The number of hydrogen-bond donors (Lipinski definition) is 1. The molecule has 3 amide bonds. The number of nitrogens with zero attached hydrogens (tertiary/aromatic N) is 5. The normalized spacial score (nSPS) is 23.5. The SMILES string of the molecule is C[C@H]1C[C@H](Cc2ccn3ncc(N4CCC(=O)NC4=O)c3c2)CCN1S(=O)(=O)N(C)C. The largest absolute Gasteiger partial charge is 0.328 e. The van der Waals surface area contributed by atoms with E-state index < -0.39 is 16.2 Å². The molecule has 4 rings (SSSR count). The van der Waals surface area contributed by atoms with Gasteiger partial charge in [-0.3, -0.25) is 15.0 Å². The predicted octanol–water partition coefficient (Wildman–Crippen LogP) is 1.23. The molecule has 4 heterocycles. The second-order valence-corrected chi connectivity index (χ2v) is 10.6. The molecule has 10 nitrogen and oxygen atoms in total. The van der Waals surface area contributed by atoms with Crippen molar-refractivity contribution >= 4 is 33.4 Å². The maximum absolute atomic E-state index is 12.5. The number of anilines is 1. The van der Waals surface area contributed by atoms with Crippen LogP contribution in [-0.2, 0) is 21.4 Å². The molecule has 2 saturated heterocycles. The molecule has 2 aromatic heterocycles. The van der Waals surface area contributed by atoms with Gasteiger partial charge in [-0.2, -0.15) is 22.1 Å². The molecule has 0 saturated carbocycles. The number of urea groups is 1. The Labute approximate surface area is 182 Å². The lowest BCUT2D eigenvalue weighted by molar-refractivity contribution is -0.120. The standard InChI is InChI=1S/C20H28N6O4S/c1-14-10-15(5-9-26(14)31(29,30)23(2)3)11-16-4-8-25-17(12-16)18(13-21-25)24-7-6-19(27)22-20(24)28/h4,8,12-15H,5-7,9-11H2,1-3H3,(H,22,27,28)/t14-,15+/m0/s1. The number of nitrogens with one attached hydrogen (secondary N) is 1. The lowest BCUT2D eigenvalue weighted by Gasteiger charge is -2.38. The first-order valence-corrected chi connectivity index (χ1v) is 11.8. The molecule has 2 atom stereocenters. The summed E-state index contributed by atoms with van der Waals surface area (Å²) in [5, 5.41) is 6.68. The molecule has 0 aliphatic carbocycles.